The molecular weight excluding hydrogens is 200 g/mol. The van der Waals surface area contributed by atoms with E-state index >= 15 is 0 Å². The molecule has 3 heteroatoms. The third-order valence-corrected chi connectivity index (χ3v) is 4.83. The third kappa shape index (κ3) is 1.97. The summed E-state index contributed by atoms with van der Waals surface area (Å²) in [5.41, 5.74) is 5.33. The molecule has 4 atom stereocenters. The normalized spacial score (nSPS) is 36.1. The lowest BCUT2D eigenvalue weighted by Gasteiger charge is -2.30. The molecule has 0 saturated heterocycles. The highest BCUT2D eigenvalue weighted by Crippen LogP contribution is 2.44. The standard InChI is InChI=1S/C13H24N2O/c1-3-13(2,8-14)12(16)15-11-7-9-4-5-10(11)6-9/h9-11H,3-8,14H2,1-2H3,(H,15,16). The van der Waals surface area contributed by atoms with E-state index in [2.05, 4.69) is 5.32 Å². The predicted molar refractivity (Wildman–Crippen MR) is 64.8 cm³/mol. The fraction of sp³-hybridized carbons (Fsp3) is 0.923. The first-order chi connectivity index (χ1) is 7.59. The van der Waals surface area contributed by atoms with E-state index in [0.29, 0.717) is 12.6 Å². The second kappa shape index (κ2) is 4.36. The zero-order valence-corrected chi connectivity index (χ0v) is 10.5. The molecule has 0 aromatic rings. The van der Waals surface area contributed by atoms with Gasteiger partial charge in [-0.15, -0.1) is 0 Å². The Kier molecular flexibility index (Phi) is 3.24. The van der Waals surface area contributed by atoms with Crippen molar-refractivity contribution in [2.75, 3.05) is 6.54 Å². The molecule has 0 radical (unpaired) electrons. The van der Waals surface area contributed by atoms with Gasteiger partial charge in [-0.3, -0.25) is 4.79 Å². The topological polar surface area (TPSA) is 55.1 Å². The van der Waals surface area contributed by atoms with Crippen LogP contribution in [0.2, 0.25) is 0 Å². The highest BCUT2D eigenvalue weighted by atomic mass is 16.2. The minimum Gasteiger partial charge on any atom is -0.353 e. The summed E-state index contributed by atoms with van der Waals surface area (Å²) in [4.78, 5) is 12.2. The van der Waals surface area contributed by atoms with Gasteiger partial charge in [0.1, 0.15) is 0 Å². The van der Waals surface area contributed by atoms with Crippen LogP contribution in [0, 0.1) is 17.3 Å². The molecule has 2 aliphatic rings. The van der Waals surface area contributed by atoms with Crippen LogP contribution in [0.4, 0.5) is 0 Å². The van der Waals surface area contributed by atoms with Crippen molar-refractivity contribution in [2.45, 2.75) is 52.0 Å². The van der Waals surface area contributed by atoms with Crippen molar-refractivity contribution >= 4 is 5.91 Å². The highest BCUT2D eigenvalue weighted by Gasteiger charge is 2.42. The number of rotatable bonds is 4. The van der Waals surface area contributed by atoms with Gasteiger partial charge in [0.2, 0.25) is 5.91 Å². The van der Waals surface area contributed by atoms with Crippen molar-refractivity contribution in [1.82, 2.24) is 5.32 Å². The minimum absolute atomic E-state index is 0.162. The van der Waals surface area contributed by atoms with Crippen LogP contribution in [0.25, 0.3) is 0 Å². The average molecular weight is 224 g/mol. The number of nitrogens with two attached hydrogens (primary N) is 1. The van der Waals surface area contributed by atoms with E-state index in [-0.39, 0.29) is 11.3 Å². The Labute approximate surface area is 98.2 Å². The number of fused-ring (bicyclic) bond motifs is 2. The third-order valence-electron chi connectivity index (χ3n) is 4.83. The first kappa shape index (κ1) is 11.9. The molecular formula is C13H24N2O. The van der Waals surface area contributed by atoms with E-state index in [9.17, 15) is 4.79 Å². The highest BCUT2D eigenvalue weighted by molar-refractivity contribution is 5.82. The molecule has 16 heavy (non-hydrogen) atoms. The van der Waals surface area contributed by atoms with Crippen LogP contribution < -0.4 is 11.1 Å². The molecule has 2 aliphatic carbocycles. The molecule has 0 heterocycles. The van der Waals surface area contributed by atoms with E-state index < -0.39 is 0 Å². The maximum Gasteiger partial charge on any atom is 0.227 e. The zero-order chi connectivity index (χ0) is 11.8. The average Bonchev–Trinajstić information content (AvgIpc) is 2.89. The number of carbonyl (C=O) groups is 1. The SMILES string of the molecule is CCC(C)(CN)C(=O)NC1CC2CCC1C2. The van der Waals surface area contributed by atoms with Gasteiger partial charge in [-0.25, -0.2) is 0 Å². The molecule has 2 saturated carbocycles. The molecule has 92 valence electrons. The quantitative estimate of drug-likeness (QED) is 0.763. The van der Waals surface area contributed by atoms with Gasteiger partial charge in [-0.1, -0.05) is 13.3 Å². The monoisotopic (exact) mass is 224 g/mol. The number of carbonyl (C=O) groups excluding carboxylic acids is 1. The Hall–Kier alpha value is -0.570. The van der Waals surface area contributed by atoms with Crippen LogP contribution in [-0.4, -0.2) is 18.5 Å². The lowest BCUT2D eigenvalue weighted by molar-refractivity contribution is -0.131. The molecule has 0 aromatic carbocycles. The van der Waals surface area contributed by atoms with Crippen molar-refractivity contribution < 1.29 is 4.79 Å². The van der Waals surface area contributed by atoms with Crippen LogP contribution in [0.1, 0.15) is 46.0 Å². The smallest absolute Gasteiger partial charge is 0.227 e. The second-order valence-electron chi connectivity index (χ2n) is 5.87. The number of nitrogens with one attached hydrogen (secondary N) is 1. The van der Waals surface area contributed by atoms with Gasteiger partial charge in [0.15, 0.2) is 0 Å². The summed E-state index contributed by atoms with van der Waals surface area (Å²) in [5.74, 6) is 1.78. The Bertz CT molecular complexity index is 273. The Morgan fingerprint density at radius 3 is 2.62 bits per heavy atom. The van der Waals surface area contributed by atoms with Crippen molar-refractivity contribution in [2.24, 2.45) is 23.0 Å². The maximum atomic E-state index is 12.2. The Morgan fingerprint density at radius 2 is 2.19 bits per heavy atom. The molecule has 0 aliphatic heterocycles. The maximum absolute atomic E-state index is 12.2. The van der Waals surface area contributed by atoms with E-state index in [1.165, 1.54) is 25.7 Å². The summed E-state index contributed by atoms with van der Waals surface area (Å²) < 4.78 is 0. The summed E-state index contributed by atoms with van der Waals surface area (Å²) in [7, 11) is 0. The molecule has 4 unspecified atom stereocenters. The van der Waals surface area contributed by atoms with Crippen molar-refractivity contribution in [1.29, 1.82) is 0 Å². The summed E-state index contributed by atoms with van der Waals surface area (Å²) in [6.07, 6.45) is 6.02. The molecule has 3 nitrogen and oxygen atoms in total. The second-order valence-corrected chi connectivity index (χ2v) is 5.87. The summed E-state index contributed by atoms with van der Waals surface area (Å²) >= 11 is 0. The fourth-order valence-corrected chi connectivity index (χ4v) is 3.16. The van der Waals surface area contributed by atoms with Crippen molar-refractivity contribution in [3.63, 3.8) is 0 Å². The first-order valence-electron chi connectivity index (χ1n) is 6.60. The summed E-state index contributed by atoms with van der Waals surface area (Å²) in [6.45, 7) is 4.44. The number of hydrogen-bond acceptors (Lipinski definition) is 2. The van der Waals surface area contributed by atoms with Crippen LogP contribution in [0.5, 0.6) is 0 Å². The van der Waals surface area contributed by atoms with Crippen LogP contribution in [-0.2, 0) is 4.79 Å². The fourth-order valence-electron chi connectivity index (χ4n) is 3.16. The number of amides is 1. The van der Waals surface area contributed by atoms with Crippen LogP contribution in [0.15, 0.2) is 0 Å². The Balaban J connectivity index is 1.92. The predicted octanol–water partition coefficient (Wildman–Crippen LogP) is 1.67. The summed E-state index contributed by atoms with van der Waals surface area (Å²) in [5, 5.41) is 3.23. The molecule has 3 N–H and O–H groups in total. The van der Waals surface area contributed by atoms with Crippen molar-refractivity contribution in [3.8, 4) is 0 Å². The minimum atomic E-state index is -0.373. The molecule has 2 fully saturated rings. The molecule has 2 bridgehead atoms. The summed E-state index contributed by atoms with van der Waals surface area (Å²) in [6, 6.07) is 0.434. The molecule has 2 rings (SSSR count). The first-order valence-corrected chi connectivity index (χ1v) is 6.60. The van der Waals surface area contributed by atoms with Gasteiger partial charge >= 0.3 is 0 Å². The van der Waals surface area contributed by atoms with Gasteiger partial charge in [-0.05, 0) is 44.4 Å². The van der Waals surface area contributed by atoms with Gasteiger partial charge < -0.3 is 11.1 Å². The van der Waals surface area contributed by atoms with E-state index in [0.717, 1.165) is 18.3 Å². The van der Waals surface area contributed by atoms with Crippen LogP contribution in [0.3, 0.4) is 0 Å². The van der Waals surface area contributed by atoms with Crippen LogP contribution >= 0.6 is 0 Å². The largest absolute Gasteiger partial charge is 0.353 e. The van der Waals surface area contributed by atoms with Gasteiger partial charge in [0.25, 0.3) is 0 Å². The van der Waals surface area contributed by atoms with E-state index in [4.69, 9.17) is 5.73 Å². The molecule has 0 spiro atoms. The molecule has 1 amide bonds. The Morgan fingerprint density at radius 1 is 1.44 bits per heavy atom. The van der Waals surface area contributed by atoms with Gasteiger partial charge in [-0.2, -0.15) is 0 Å². The van der Waals surface area contributed by atoms with Gasteiger partial charge in [0, 0.05) is 12.6 Å². The molecule has 0 aromatic heterocycles. The van der Waals surface area contributed by atoms with E-state index in [1.807, 2.05) is 13.8 Å². The van der Waals surface area contributed by atoms with Crippen molar-refractivity contribution in [3.05, 3.63) is 0 Å². The lowest BCUT2D eigenvalue weighted by atomic mass is 9.85. The zero-order valence-electron chi connectivity index (χ0n) is 10.5. The lowest BCUT2D eigenvalue weighted by Crippen LogP contribution is -2.48. The van der Waals surface area contributed by atoms with E-state index in [1.54, 1.807) is 0 Å². The number of hydrogen-bond donors (Lipinski definition) is 2. The van der Waals surface area contributed by atoms with Gasteiger partial charge in [0.05, 0.1) is 5.41 Å².